The summed E-state index contributed by atoms with van der Waals surface area (Å²) in [5.41, 5.74) is 2.54. The number of nitrogens with one attached hydrogen (secondary N) is 1. The van der Waals surface area contributed by atoms with E-state index >= 15 is 0 Å². The van der Waals surface area contributed by atoms with Crippen molar-refractivity contribution in [3.05, 3.63) is 29.5 Å². The van der Waals surface area contributed by atoms with Gasteiger partial charge in [-0.05, 0) is 50.9 Å². The predicted octanol–water partition coefficient (Wildman–Crippen LogP) is 2.03. The highest BCUT2D eigenvalue weighted by Crippen LogP contribution is 2.29. The zero-order valence-electron chi connectivity index (χ0n) is 15.0. The lowest BCUT2D eigenvalue weighted by Gasteiger charge is -2.45. The summed E-state index contributed by atoms with van der Waals surface area (Å²) in [6.45, 7) is 7.14. The standard InChI is InChI=1S/C19H26N4O2/c1-3-23-17-6-4-5-14(19(24)25-2)18(17)15(21-23)11-20-16-12-22-9-7-13(16)8-10-22/h4-6,13,16,20H,3,7-12H2,1-2H3/t16-/m1/s1. The number of hydrogen-bond donors (Lipinski definition) is 1. The van der Waals surface area contributed by atoms with Crippen LogP contribution in [0.15, 0.2) is 18.2 Å². The van der Waals surface area contributed by atoms with E-state index in [-0.39, 0.29) is 5.97 Å². The van der Waals surface area contributed by atoms with Gasteiger partial charge in [0.05, 0.1) is 23.9 Å². The first-order chi connectivity index (χ1) is 12.2. The van der Waals surface area contributed by atoms with E-state index in [1.807, 2.05) is 22.9 Å². The molecule has 0 saturated carbocycles. The van der Waals surface area contributed by atoms with Crippen LogP contribution in [0.4, 0.5) is 0 Å². The minimum absolute atomic E-state index is 0.301. The minimum Gasteiger partial charge on any atom is -0.465 e. The molecule has 1 aromatic heterocycles. The molecule has 0 unspecified atom stereocenters. The third kappa shape index (κ3) is 2.93. The highest BCUT2D eigenvalue weighted by Gasteiger charge is 2.33. The number of methoxy groups -OCH3 is 1. The van der Waals surface area contributed by atoms with Gasteiger partial charge < -0.3 is 15.0 Å². The molecule has 6 nitrogen and oxygen atoms in total. The predicted molar refractivity (Wildman–Crippen MR) is 96.5 cm³/mol. The van der Waals surface area contributed by atoms with Gasteiger partial charge in [-0.2, -0.15) is 5.10 Å². The van der Waals surface area contributed by atoms with Gasteiger partial charge in [0.1, 0.15) is 0 Å². The Kier molecular flexibility index (Phi) is 4.48. The molecule has 0 aliphatic carbocycles. The molecule has 134 valence electrons. The van der Waals surface area contributed by atoms with Gasteiger partial charge in [-0.15, -0.1) is 0 Å². The van der Waals surface area contributed by atoms with E-state index in [9.17, 15) is 4.79 Å². The van der Waals surface area contributed by atoms with E-state index in [0.717, 1.165) is 35.6 Å². The second-order valence-electron chi connectivity index (χ2n) is 7.08. The Labute approximate surface area is 148 Å². The maximum atomic E-state index is 12.2. The monoisotopic (exact) mass is 342 g/mol. The van der Waals surface area contributed by atoms with Crippen LogP contribution in [0.25, 0.3) is 10.9 Å². The Hall–Kier alpha value is -1.92. The number of nitrogens with zero attached hydrogens (tertiary/aromatic N) is 3. The molecule has 2 bridgehead atoms. The van der Waals surface area contributed by atoms with E-state index in [4.69, 9.17) is 9.84 Å². The quantitative estimate of drug-likeness (QED) is 0.843. The van der Waals surface area contributed by atoms with Crippen molar-refractivity contribution in [2.75, 3.05) is 26.7 Å². The number of piperidine rings is 3. The van der Waals surface area contributed by atoms with Crippen LogP contribution < -0.4 is 5.32 Å². The highest BCUT2D eigenvalue weighted by molar-refractivity contribution is 6.04. The molecular weight excluding hydrogens is 316 g/mol. The lowest BCUT2D eigenvalue weighted by atomic mass is 9.84. The number of fused-ring (bicyclic) bond motifs is 4. The normalized spacial score (nSPS) is 25.4. The molecule has 0 amide bonds. The minimum atomic E-state index is -0.301. The lowest BCUT2D eigenvalue weighted by molar-refractivity contribution is 0.0603. The molecule has 3 saturated heterocycles. The van der Waals surface area contributed by atoms with Crippen molar-refractivity contribution in [3.63, 3.8) is 0 Å². The largest absolute Gasteiger partial charge is 0.465 e. The molecule has 1 N–H and O–H groups in total. The summed E-state index contributed by atoms with van der Waals surface area (Å²) in [6, 6.07) is 6.27. The maximum absolute atomic E-state index is 12.2. The van der Waals surface area contributed by atoms with Gasteiger partial charge in [-0.25, -0.2) is 4.79 Å². The molecule has 2 aromatic rings. The van der Waals surface area contributed by atoms with Crippen LogP contribution in [0.2, 0.25) is 0 Å². The Bertz CT molecular complexity index is 777. The summed E-state index contributed by atoms with van der Waals surface area (Å²) in [5.74, 6) is 0.468. The average Bonchev–Trinajstić information content (AvgIpc) is 3.04. The van der Waals surface area contributed by atoms with Gasteiger partial charge in [0, 0.05) is 31.1 Å². The number of aromatic nitrogens is 2. The summed E-state index contributed by atoms with van der Waals surface area (Å²) in [5, 5.41) is 9.40. The number of benzene rings is 1. The van der Waals surface area contributed by atoms with Crippen molar-refractivity contribution >= 4 is 16.9 Å². The molecular formula is C19H26N4O2. The molecule has 1 atom stereocenters. The van der Waals surface area contributed by atoms with Crippen molar-refractivity contribution in [1.29, 1.82) is 0 Å². The van der Waals surface area contributed by atoms with Gasteiger partial charge >= 0.3 is 5.97 Å². The zero-order chi connectivity index (χ0) is 17.4. The molecule has 6 heteroatoms. The van der Waals surface area contributed by atoms with Crippen LogP contribution in [-0.4, -0.2) is 53.4 Å². The molecule has 1 aromatic carbocycles. The molecule has 0 spiro atoms. The fraction of sp³-hybridized carbons (Fsp3) is 0.579. The zero-order valence-corrected chi connectivity index (χ0v) is 15.0. The van der Waals surface area contributed by atoms with Crippen LogP contribution in [0.1, 0.15) is 35.8 Å². The first-order valence-electron chi connectivity index (χ1n) is 9.23. The van der Waals surface area contributed by atoms with Crippen LogP contribution in [0.3, 0.4) is 0 Å². The van der Waals surface area contributed by atoms with Crippen LogP contribution in [-0.2, 0) is 17.8 Å². The van der Waals surface area contributed by atoms with E-state index in [1.165, 1.54) is 33.0 Å². The van der Waals surface area contributed by atoms with E-state index in [0.29, 0.717) is 18.2 Å². The van der Waals surface area contributed by atoms with Crippen molar-refractivity contribution in [2.24, 2.45) is 5.92 Å². The number of hydrogen-bond acceptors (Lipinski definition) is 5. The first kappa shape index (κ1) is 16.5. The number of carbonyl (C=O) groups excluding carboxylic acids is 1. The number of carbonyl (C=O) groups is 1. The van der Waals surface area contributed by atoms with E-state index in [2.05, 4.69) is 17.1 Å². The summed E-state index contributed by atoms with van der Waals surface area (Å²) in [6.07, 6.45) is 2.57. The topological polar surface area (TPSA) is 59.4 Å². The number of aryl methyl sites for hydroxylation is 1. The summed E-state index contributed by atoms with van der Waals surface area (Å²) in [7, 11) is 1.43. The molecule has 25 heavy (non-hydrogen) atoms. The lowest BCUT2D eigenvalue weighted by Crippen LogP contribution is -2.55. The third-order valence-corrected chi connectivity index (χ3v) is 5.74. The average molecular weight is 342 g/mol. The Morgan fingerprint density at radius 3 is 2.80 bits per heavy atom. The van der Waals surface area contributed by atoms with Gasteiger partial charge in [-0.1, -0.05) is 6.07 Å². The molecule has 3 fully saturated rings. The molecule has 4 heterocycles. The van der Waals surface area contributed by atoms with Gasteiger partial charge in [-0.3, -0.25) is 4.68 Å². The molecule has 3 aliphatic heterocycles. The molecule has 3 aliphatic rings. The van der Waals surface area contributed by atoms with Crippen LogP contribution in [0, 0.1) is 5.92 Å². The third-order valence-electron chi connectivity index (χ3n) is 5.74. The summed E-state index contributed by atoms with van der Waals surface area (Å²) >= 11 is 0. The van der Waals surface area contributed by atoms with Crippen molar-refractivity contribution in [3.8, 4) is 0 Å². The molecule has 0 radical (unpaired) electrons. The number of ether oxygens (including phenoxy) is 1. The van der Waals surface area contributed by atoms with Gasteiger partial charge in [0.15, 0.2) is 0 Å². The van der Waals surface area contributed by atoms with Gasteiger partial charge in [0.2, 0.25) is 0 Å². The van der Waals surface area contributed by atoms with Gasteiger partial charge in [0.25, 0.3) is 0 Å². The first-order valence-corrected chi connectivity index (χ1v) is 9.23. The molecule has 5 rings (SSSR count). The number of esters is 1. The second-order valence-corrected chi connectivity index (χ2v) is 7.08. The van der Waals surface area contributed by atoms with E-state index in [1.54, 1.807) is 0 Å². The van der Waals surface area contributed by atoms with Crippen LogP contribution >= 0.6 is 0 Å². The van der Waals surface area contributed by atoms with Crippen molar-refractivity contribution in [2.45, 2.75) is 38.9 Å². The SMILES string of the molecule is CCn1nc(CN[C@@H]2CN3CCC2CC3)c2c(C(=O)OC)cccc21. The van der Waals surface area contributed by atoms with Crippen molar-refractivity contribution in [1.82, 2.24) is 20.0 Å². The Morgan fingerprint density at radius 1 is 1.36 bits per heavy atom. The fourth-order valence-corrected chi connectivity index (χ4v) is 4.38. The van der Waals surface area contributed by atoms with E-state index < -0.39 is 0 Å². The Morgan fingerprint density at radius 2 is 2.16 bits per heavy atom. The fourth-order valence-electron chi connectivity index (χ4n) is 4.38. The smallest absolute Gasteiger partial charge is 0.338 e. The Balaban J connectivity index is 1.63. The number of rotatable bonds is 5. The second kappa shape index (κ2) is 6.77. The maximum Gasteiger partial charge on any atom is 0.338 e. The summed E-state index contributed by atoms with van der Waals surface area (Å²) in [4.78, 5) is 14.7. The summed E-state index contributed by atoms with van der Waals surface area (Å²) < 4.78 is 6.94. The van der Waals surface area contributed by atoms with Crippen LogP contribution in [0.5, 0.6) is 0 Å². The highest BCUT2D eigenvalue weighted by atomic mass is 16.5. The van der Waals surface area contributed by atoms with Crippen molar-refractivity contribution < 1.29 is 9.53 Å².